The maximum Gasteiger partial charge on any atom is 0.225 e. The molecule has 0 atom stereocenters. The molecule has 0 unspecified atom stereocenters. The van der Waals surface area contributed by atoms with Gasteiger partial charge < -0.3 is 4.90 Å². The average Bonchev–Trinajstić information content (AvgIpc) is 2.48. The maximum atomic E-state index is 12.1. The fourth-order valence-corrected chi connectivity index (χ4v) is 2.41. The Bertz CT molecular complexity index is 463. The summed E-state index contributed by atoms with van der Waals surface area (Å²) in [5, 5.41) is 0. The fraction of sp³-hybridized carbons (Fsp3) is 0.500. The first kappa shape index (κ1) is 14.7. The Morgan fingerprint density at radius 3 is 2.20 bits per heavy atom. The number of carbonyl (C=O) groups excluding carboxylic acids is 2. The molecule has 0 aliphatic carbocycles. The molecule has 0 saturated carbocycles. The zero-order chi connectivity index (χ0) is 14.5. The van der Waals surface area contributed by atoms with Gasteiger partial charge in [0.2, 0.25) is 5.91 Å². The SMILES string of the molecule is CC(C)C(=O)N1CCN(CC(=O)c2ccccc2)CC1. The van der Waals surface area contributed by atoms with Crippen LogP contribution in [-0.2, 0) is 4.79 Å². The molecule has 1 aromatic rings. The van der Waals surface area contributed by atoms with Gasteiger partial charge in [0.05, 0.1) is 6.54 Å². The predicted molar refractivity (Wildman–Crippen MR) is 78.6 cm³/mol. The van der Waals surface area contributed by atoms with Crippen molar-refractivity contribution < 1.29 is 9.59 Å². The number of piperazine rings is 1. The van der Waals surface area contributed by atoms with Gasteiger partial charge in [-0.05, 0) is 0 Å². The maximum absolute atomic E-state index is 12.1. The monoisotopic (exact) mass is 274 g/mol. The largest absolute Gasteiger partial charge is 0.340 e. The van der Waals surface area contributed by atoms with Gasteiger partial charge in [0.1, 0.15) is 0 Å². The lowest BCUT2D eigenvalue weighted by Gasteiger charge is -2.35. The van der Waals surface area contributed by atoms with Crippen molar-refractivity contribution in [3.05, 3.63) is 35.9 Å². The summed E-state index contributed by atoms with van der Waals surface area (Å²) in [5.74, 6) is 0.403. The number of rotatable bonds is 4. The molecule has 0 N–H and O–H groups in total. The lowest BCUT2D eigenvalue weighted by Crippen LogP contribution is -2.50. The van der Waals surface area contributed by atoms with Crippen molar-refractivity contribution in [3.63, 3.8) is 0 Å². The van der Waals surface area contributed by atoms with Gasteiger partial charge in [-0.25, -0.2) is 0 Å². The minimum Gasteiger partial charge on any atom is -0.340 e. The molecule has 1 aromatic carbocycles. The molecule has 1 amide bonds. The van der Waals surface area contributed by atoms with Crippen molar-refractivity contribution in [1.29, 1.82) is 0 Å². The lowest BCUT2D eigenvalue weighted by atomic mass is 10.1. The number of amides is 1. The molecule has 2 rings (SSSR count). The van der Waals surface area contributed by atoms with E-state index < -0.39 is 0 Å². The first-order chi connectivity index (χ1) is 9.58. The molecule has 20 heavy (non-hydrogen) atoms. The molecule has 0 spiro atoms. The van der Waals surface area contributed by atoms with Gasteiger partial charge in [-0.15, -0.1) is 0 Å². The van der Waals surface area contributed by atoms with Crippen LogP contribution >= 0.6 is 0 Å². The van der Waals surface area contributed by atoms with Gasteiger partial charge in [-0.2, -0.15) is 0 Å². The third-order valence-electron chi connectivity index (χ3n) is 3.64. The van der Waals surface area contributed by atoms with E-state index in [0.29, 0.717) is 6.54 Å². The smallest absolute Gasteiger partial charge is 0.225 e. The summed E-state index contributed by atoms with van der Waals surface area (Å²) in [6.07, 6.45) is 0. The van der Waals surface area contributed by atoms with Crippen LogP contribution in [0.2, 0.25) is 0 Å². The third kappa shape index (κ3) is 3.67. The van der Waals surface area contributed by atoms with Gasteiger partial charge in [0, 0.05) is 37.7 Å². The second-order valence-electron chi connectivity index (χ2n) is 5.55. The number of ketones is 1. The fourth-order valence-electron chi connectivity index (χ4n) is 2.41. The van der Waals surface area contributed by atoms with E-state index in [1.807, 2.05) is 49.1 Å². The molecule has 0 radical (unpaired) electrons. The van der Waals surface area contributed by atoms with E-state index in [9.17, 15) is 9.59 Å². The van der Waals surface area contributed by atoms with E-state index in [2.05, 4.69) is 4.90 Å². The van der Waals surface area contributed by atoms with Gasteiger partial charge >= 0.3 is 0 Å². The zero-order valence-electron chi connectivity index (χ0n) is 12.2. The zero-order valence-corrected chi connectivity index (χ0v) is 12.2. The topological polar surface area (TPSA) is 40.6 Å². The van der Waals surface area contributed by atoms with E-state index >= 15 is 0 Å². The second-order valence-corrected chi connectivity index (χ2v) is 5.55. The second kappa shape index (κ2) is 6.66. The van der Waals surface area contributed by atoms with Gasteiger partial charge in [0.25, 0.3) is 0 Å². The number of hydrogen-bond donors (Lipinski definition) is 0. The first-order valence-electron chi connectivity index (χ1n) is 7.17. The van der Waals surface area contributed by atoms with Crippen molar-refractivity contribution >= 4 is 11.7 Å². The molecule has 1 aliphatic rings. The summed E-state index contributed by atoms with van der Waals surface area (Å²) >= 11 is 0. The minimum atomic E-state index is 0.0486. The highest BCUT2D eigenvalue weighted by atomic mass is 16.2. The van der Waals surface area contributed by atoms with E-state index in [4.69, 9.17) is 0 Å². The highest BCUT2D eigenvalue weighted by Gasteiger charge is 2.23. The third-order valence-corrected chi connectivity index (χ3v) is 3.64. The summed E-state index contributed by atoms with van der Waals surface area (Å²) in [6.45, 7) is 7.28. The molecule has 0 bridgehead atoms. The van der Waals surface area contributed by atoms with Gasteiger partial charge in [-0.1, -0.05) is 44.2 Å². The Labute approximate surface area is 120 Å². The summed E-state index contributed by atoms with van der Waals surface area (Å²) < 4.78 is 0. The van der Waals surface area contributed by atoms with Crippen LogP contribution in [0, 0.1) is 5.92 Å². The summed E-state index contributed by atoms with van der Waals surface area (Å²) in [5.41, 5.74) is 0.758. The predicted octanol–water partition coefficient (Wildman–Crippen LogP) is 1.67. The Morgan fingerprint density at radius 2 is 1.65 bits per heavy atom. The summed E-state index contributed by atoms with van der Waals surface area (Å²) in [6, 6.07) is 9.37. The molecular weight excluding hydrogens is 252 g/mol. The van der Waals surface area contributed by atoms with Crippen molar-refractivity contribution in [3.8, 4) is 0 Å². The minimum absolute atomic E-state index is 0.0486. The van der Waals surface area contributed by atoms with E-state index in [0.717, 1.165) is 31.7 Å². The molecule has 1 fully saturated rings. The molecule has 108 valence electrons. The van der Waals surface area contributed by atoms with Crippen molar-refractivity contribution in [1.82, 2.24) is 9.80 Å². The molecule has 1 heterocycles. The highest BCUT2D eigenvalue weighted by molar-refractivity contribution is 5.97. The van der Waals surface area contributed by atoms with Gasteiger partial charge in [0.15, 0.2) is 5.78 Å². The van der Waals surface area contributed by atoms with Crippen LogP contribution in [0.25, 0.3) is 0 Å². The molecule has 4 nitrogen and oxygen atoms in total. The number of Topliss-reactive ketones (excluding diaryl/α,β-unsaturated/α-hetero) is 1. The normalized spacial score (nSPS) is 16.4. The number of carbonyl (C=O) groups is 2. The molecular formula is C16H22N2O2. The van der Waals surface area contributed by atoms with Crippen molar-refractivity contribution in [2.24, 2.45) is 5.92 Å². The lowest BCUT2D eigenvalue weighted by molar-refractivity contribution is -0.136. The van der Waals surface area contributed by atoms with E-state index in [1.54, 1.807) is 0 Å². The average molecular weight is 274 g/mol. The van der Waals surface area contributed by atoms with Crippen LogP contribution in [0.3, 0.4) is 0 Å². The summed E-state index contributed by atoms with van der Waals surface area (Å²) in [4.78, 5) is 28.0. The summed E-state index contributed by atoms with van der Waals surface area (Å²) in [7, 11) is 0. The van der Waals surface area contributed by atoms with Crippen LogP contribution in [0.4, 0.5) is 0 Å². The molecule has 1 saturated heterocycles. The van der Waals surface area contributed by atoms with Crippen LogP contribution < -0.4 is 0 Å². The Hall–Kier alpha value is -1.68. The number of benzene rings is 1. The highest BCUT2D eigenvalue weighted by Crippen LogP contribution is 2.08. The van der Waals surface area contributed by atoms with E-state index in [1.165, 1.54) is 0 Å². The van der Waals surface area contributed by atoms with Crippen LogP contribution in [0.15, 0.2) is 30.3 Å². The quantitative estimate of drug-likeness (QED) is 0.784. The molecule has 4 heteroatoms. The number of hydrogen-bond acceptors (Lipinski definition) is 3. The Morgan fingerprint density at radius 1 is 1.05 bits per heavy atom. The van der Waals surface area contributed by atoms with Crippen LogP contribution in [0.5, 0.6) is 0 Å². The van der Waals surface area contributed by atoms with Crippen LogP contribution in [0.1, 0.15) is 24.2 Å². The number of nitrogens with zero attached hydrogens (tertiary/aromatic N) is 2. The van der Waals surface area contributed by atoms with Crippen molar-refractivity contribution in [2.75, 3.05) is 32.7 Å². The molecule has 1 aliphatic heterocycles. The standard InChI is InChI=1S/C16H22N2O2/c1-13(2)16(20)18-10-8-17(9-11-18)12-15(19)14-6-4-3-5-7-14/h3-7,13H,8-12H2,1-2H3. The van der Waals surface area contributed by atoms with Crippen LogP contribution in [-0.4, -0.2) is 54.2 Å². The van der Waals surface area contributed by atoms with Gasteiger partial charge in [-0.3, -0.25) is 14.5 Å². The first-order valence-corrected chi connectivity index (χ1v) is 7.17. The van der Waals surface area contributed by atoms with E-state index in [-0.39, 0.29) is 17.6 Å². The molecule has 0 aromatic heterocycles. The Kier molecular flexibility index (Phi) is 4.90. The Balaban J connectivity index is 1.83. The van der Waals surface area contributed by atoms with Crippen molar-refractivity contribution in [2.45, 2.75) is 13.8 Å².